The van der Waals surface area contributed by atoms with Crippen LogP contribution in [0.1, 0.15) is 29.4 Å². The number of carboxylic acid groups (broad SMARTS) is 1. The van der Waals surface area contributed by atoms with Crippen molar-refractivity contribution in [2.75, 3.05) is 5.75 Å². The molecule has 0 fully saturated rings. The highest BCUT2D eigenvalue weighted by molar-refractivity contribution is 8.13. The van der Waals surface area contributed by atoms with Crippen LogP contribution in [0.3, 0.4) is 0 Å². The number of hydrogen-bond acceptors (Lipinski definition) is 4. The molecule has 5 heteroatoms. The lowest BCUT2D eigenvalue weighted by Crippen LogP contribution is -1.96. The molecule has 1 aromatic heterocycles. The van der Waals surface area contributed by atoms with E-state index in [1.54, 1.807) is 13.0 Å². The molecule has 0 saturated heterocycles. The molecule has 0 bridgehead atoms. The molecule has 0 atom stereocenters. The van der Waals surface area contributed by atoms with E-state index in [4.69, 9.17) is 5.11 Å². The van der Waals surface area contributed by atoms with Crippen molar-refractivity contribution in [2.24, 2.45) is 0 Å². The molecular weight excluding hydrogens is 238 g/mol. The van der Waals surface area contributed by atoms with Gasteiger partial charge in [0.1, 0.15) is 0 Å². The third-order valence-corrected chi connectivity index (χ3v) is 2.76. The Labute approximate surface area is 104 Å². The van der Waals surface area contributed by atoms with Crippen molar-refractivity contribution in [3.63, 3.8) is 0 Å². The van der Waals surface area contributed by atoms with Gasteiger partial charge in [-0.25, -0.2) is 4.79 Å². The maximum Gasteiger partial charge on any atom is 0.337 e. The van der Waals surface area contributed by atoms with Gasteiger partial charge in [-0.3, -0.25) is 9.78 Å². The average Bonchev–Trinajstić information content (AvgIpc) is 2.29. The minimum Gasteiger partial charge on any atom is -0.478 e. The van der Waals surface area contributed by atoms with Gasteiger partial charge >= 0.3 is 5.97 Å². The SMILES string of the molecule is CC(=O)SCCC=Cc1ccc(C(=O)O)cn1. The lowest BCUT2D eigenvalue weighted by Gasteiger charge is -1.95. The molecule has 0 aliphatic carbocycles. The Balaban J connectivity index is 2.43. The maximum atomic E-state index is 10.6. The fraction of sp³-hybridized carbons (Fsp3) is 0.250. The smallest absolute Gasteiger partial charge is 0.337 e. The number of carbonyl (C=O) groups is 2. The third kappa shape index (κ3) is 5.31. The van der Waals surface area contributed by atoms with E-state index in [0.717, 1.165) is 12.2 Å². The second-order valence-electron chi connectivity index (χ2n) is 3.31. The fourth-order valence-electron chi connectivity index (χ4n) is 1.11. The van der Waals surface area contributed by atoms with Crippen LogP contribution in [0.2, 0.25) is 0 Å². The minimum absolute atomic E-state index is 0.113. The summed E-state index contributed by atoms with van der Waals surface area (Å²) in [6.45, 7) is 1.54. The summed E-state index contributed by atoms with van der Waals surface area (Å²) in [6, 6.07) is 3.16. The predicted molar refractivity (Wildman–Crippen MR) is 68.0 cm³/mol. The van der Waals surface area contributed by atoms with Crippen LogP contribution in [0.15, 0.2) is 24.4 Å². The quantitative estimate of drug-likeness (QED) is 0.814. The number of carboxylic acids is 1. The van der Waals surface area contributed by atoms with E-state index in [1.165, 1.54) is 24.0 Å². The zero-order valence-corrected chi connectivity index (χ0v) is 10.2. The Bertz CT molecular complexity index is 426. The van der Waals surface area contributed by atoms with Crippen molar-refractivity contribution in [3.05, 3.63) is 35.7 Å². The largest absolute Gasteiger partial charge is 0.478 e. The van der Waals surface area contributed by atoms with Crippen LogP contribution in [0.5, 0.6) is 0 Å². The summed E-state index contributed by atoms with van der Waals surface area (Å²) in [7, 11) is 0. The molecule has 0 saturated carbocycles. The summed E-state index contributed by atoms with van der Waals surface area (Å²) in [5.41, 5.74) is 0.886. The van der Waals surface area contributed by atoms with Gasteiger partial charge in [-0.2, -0.15) is 0 Å². The first kappa shape index (κ1) is 13.4. The molecule has 1 heterocycles. The van der Waals surface area contributed by atoms with Crippen molar-refractivity contribution >= 4 is 28.9 Å². The summed E-state index contributed by atoms with van der Waals surface area (Å²) in [6.07, 6.45) is 5.84. The molecule has 90 valence electrons. The molecule has 0 aromatic carbocycles. The van der Waals surface area contributed by atoms with Crippen LogP contribution in [0.25, 0.3) is 6.08 Å². The van der Waals surface area contributed by atoms with E-state index in [2.05, 4.69) is 4.98 Å². The molecule has 1 N–H and O–H groups in total. The number of carbonyl (C=O) groups excluding carboxylic acids is 1. The summed E-state index contributed by atoms with van der Waals surface area (Å²) in [5.74, 6) is -0.232. The summed E-state index contributed by atoms with van der Waals surface area (Å²) in [5, 5.41) is 8.79. The van der Waals surface area contributed by atoms with Crippen LogP contribution in [0, 0.1) is 0 Å². The fourth-order valence-corrected chi connectivity index (χ4v) is 1.65. The molecule has 1 aromatic rings. The second-order valence-corrected chi connectivity index (χ2v) is 4.58. The number of aromatic carboxylic acids is 1. The first-order chi connectivity index (χ1) is 8.09. The predicted octanol–water partition coefficient (Wildman–Crippen LogP) is 2.46. The van der Waals surface area contributed by atoms with Crippen molar-refractivity contribution < 1.29 is 14.7 Å². The Morgan fingerprint density at radius 1 is 1.47 bits per heavy atom. The van der Waals surface area contributed by atoms with Gasteiger partial charge < -0.3 is 5.11 Å². The first-order valence-corrected chi connectivity index (χ1v) is 6.07. The van der Waals surface area contributed by atoms with E-state index in [0.29, 0.717) is 5.69 Å². The van der Waals surface area contributed by atoms with Crippen molar-refractivity contribution in [2.45, 2.75) is 13.3 Å². The van der Waals surface area contributed by atoms with Crippen LogP contribution in [-0.4, -0.2) is 26.9 Å². The summed E-state index contributed by atoms with van der Waals surface area (Å²) in [4.78, 5) is 25.2. The third-order valence-electron chi connectivity index (χ3n) is 1.91. The zero-order valence-electron chi connectivity index (χ0n) is 9.42. The lowest BCUT2D eigenvalue weighted by atomic mass is 10.2. The average molecular weight is 251 g/mol. The Morgan fingerprint density at radius 2 is 2.24 bits per heavy atom. The highest BCUT2D eigenvalue weighted by Crippen LogP contribution is 2.06. The highest BCUT2D eigenvalue weighted by Gasteiger charge is 2.00. The van der Waals surface area contributed by atoms with Gasteiger partial charge in [0.05, 0.1) is 11.3 Å². The molecule has 0 unspecified atom stereocenters. The monoisotopic (exact) mass is 251 g/mol. The van der Waals surface area contributed by atoms with Gasteiger partial charge in [0.25, 0.3) is 0 Å². The van der Waals surface area contributed by atoms with Gasteiger partial charge in [0.2, 0.25) is 0 Å². The van der Waals surface area contributed by atoms with Gasteiger partial charge in [0, 0.05) is 18.9 Å². The number of hydrogen-bond donors (Lipinski definition) is 1. The zero-order chi connectivity index (χ0) is 12.7. The normalized spacial score (nSPS) is 10.6. The van der Waals surface area contributed by atoms with Crippen LogP contribution < -0.4 is 0 Å². The Kier molecular flexibility index (Phi) is 5.42. The Morgan fingerprint density at radius 3 is 2.76 bits per heavy atom. The number of pyridine rings is 1. The standard InChI is InChI=1S/C12H13NO3S/c1-9(14)17-7-3-2-4-11-6-5-10(8-13-11)12(15)16/h2,4-6,8H,3,7H2,1H3,(H,15,16). The highest BCUT2D eigenvalue weighted by atomic mass is 32.2. The van der Waals surface area contributed by atoms with E-state index in [1.807, 2.05) is 12.2 Å². The van der Waals surface area contributed by atoms with Gasteiger partial charge in [-0.1, -0.05) is 17.8 Å². The molecule has 1 rings (SSSR count). The number of aromatic nitrogens is 1. The topological polar surface area (TPSA) is 67.3 Å². The lowest BCUT2D eigenvalue weighted by molar-refractivity contribution is -0.109. The molecule has 17 heavy (non-hydrogen) atoms. The van der Waals surface area contributed by atoms with Crippen molar-refractivity contribution in [1.29, 1.82) is 0 Å². The van der Waals surface area contributed by atoms with Gasteiger partial charge in [0.15, 0.2) is 5.12 Å². The van der Waals surface area contributed by atoms with E-state index < -0.39 is 5.97 Å². The number of thioether (sulfide) groups is 1. The molecule has 0 spiro atoms. The van der Waals surface area contributed by atoms with E-state index in [-0.39, 0.29) is 10.7 Å². The molecular formula is C12H13NO3S. The van der Waals surface area contributed by atoms with Crippen LogP contribution in [-0.2, 0) is 4.79 Å². The number of allylic oxidation sites excluding steroid dienone is 1. The van der Waals surface area contributed by atoms with E-state index >= 15 is 0 Å². The maximum absolute atomic E-state index is 10.6. The number of rotatable bonds is 5. The molecule has 0 radical (unpaired) electrons. The number of nitrogens with zero attached hydrogens (tertiary/aromatic N) is 1. The van der Waals surface area contributed by atoms with Crippen molar-refractivity contribution in [3.8, 4) is 0 Å². The molecule has 4 nitrogen and oxygen atoms in total. The second kappa shape index (κ2) is 6.85. The Hall–Kier alpha value is -1.62. The summed E-state index contributed by atoms with van der Waals surface area (Å²) < 4.78 is 0. The molecule has 0 amide bonds. The van der Waals surface area contributed by atoms with Crippen LogP contribution >= 0.6 is 11.8 Å². The molecule has 0 aliphatic rings. The van der Waals surface area contributed by atoms with Gasteiger partial charge in [-0.05, 0) is 24.6 Å². The van der Waals surface area contributed by atoms with Crippen LogP contribution in [0.4, 0.5) is 0 Å². The first-order valence-electron chi connectivity index (χ1n) is 5.09. The van der Waals surface area contributed by atoms with Gasteiger partial charge in [-0.15, -0.1) is 0 Å². The van der Waals surface area contributed by atoms with E-state index in [9.17, 15) is 9.59 Å². The summed E-state index contributed by atoms with van der Waals surface area (Å²) >= 11 is 1.28. The van der Waals surface area contributed by atoms with Crippen molar-refractivity contribution in [1.82, 2.24) is 4.98 Å². The molecule has 0 aliphatic heterocycles. The minimum atomic E-state index is -0.981.